The van der Waals surface area contributed by atoms with Crippen molar-refractivity contribution in [3.05, 3.63) is 0 Å². The predicted molar refractivity (Wildman–Crippen MR) is 56.7 cm³/mol. The maximum absolute atomic E-state index is 8.76. The van der Waals surface area contributed by atoms with Gasteiger partial charge in [0.25, 0.3) is 0 Å². The topological polar surface area (TPSA) is 40.5 Å². The van der Waals surface area contributed by atoms with Crippen molar-refractivity contribution in [2.24, 2.45) is 0 Å². The van der Waals surface area contributed by atoms with E-state index in [1.54, 1.807) is 0 Å². The highest BCUT2D eigenvalue weighted by Crippen LogP contribution is 2.21. The van der Waals surface area contributed by atoms with E-state index in [4.69, 9.17) is 10.2 Å². The molecule has 0 aromatic heterocycles. The minimum absolute atomic E-state index is 0.111. The van der Waals surface area contributed by atoms with Crippen molar-refractivity contribution in [1.82, 2.24) is 0 Å². The number of rotatable bonds is 5. The van der Waals surface area contributed by atoms with Crippen LogP contribution in [0.4, 0.5) is 0 Å². The van der Waals surface area contributed by atoms with Gasteiger partial charge in [-0.25, -0.2) is 0 Å². The maximum atomic E-state index is 8.76. The second-order valence-electron chi connectivity index (χ2n) is 2.21. The normalized spacial score (nSPS) is 16.9. The van der Waals surface area contributed by atoms with Crippen LogP contribution < -0.4 is 0 Å². The third-order valence-corrected chi connectivity index (χ3v) is 4.65. The molecule has 0 fully saturated rings. The van der Waals surface area contributed by atoms with E-state index in [2.05, 4.69) is 47.8 Å². The molecule has 2 unspecified atom stereocenters. The smallest absolute Gasteiger partial charge is 0.165 e. The fourth-order valence-corrected chi connectivity index (χ4v) is 1.80. The minimum Gasteiger partial charge on any atom is -0.367 e. The Morgan fingerprint density at radius 3 is 2.09 bits per heavy atom. The molecule has 68 valence electrons. The largest absolute Gasteiger partial charge is 0.367 e. The fourth-order valence-electron chi connectivity index (χ4n) is 0.618. The number of aliphatic hydroxyl groups is 2. The molecule has 2 N–H and O–H groups in total. The summed E-state index contributed by atoms with van der Waals surface area (Å²) in [4.78, 5) is -0.179. The van der Waals surface area contributed by atoms with Gasteiger partial charge < -0.3 is 10.2 Å². The average Bonchev–Trinajstić information content (AvgIpc) is 1.98. The maximum Gasteiger partial charge on any atom is 0.165 e. The first kappa shape index (κ1) is 12.4. The van der Waals surface area contributed by atoms with Crippen molar-refractivity contribution >= 4 is 47.8 Å². The molecule has 0 aliphatic heterocycles. The van der Waals surface area contributed by atoms with Gasteiger partial charge in [0.1, 0.15) is 0 Å². The average molecular weight is 355 g/mol. The van der Waals surface area contributed by atoms with Gasteiger partial charge in [-0.1, -0.05) is 47.8 Å². The summed E-state index contributed by atoms with van der Waals surface area (Å²) in [5.41, 5.74) is 0. The SMILES string of the molecule is OC(O)C(Br)C(Br)CCCBr. The van der Waals surface area contributed by atoms with E-state index in [1.807, 2.05) is 0 Å². The van der Waals surface area contributed by atoms with Crippen molar-refractivity contribution in [3.8, 4) is 0 Å². The van der Waals surface area contributed by atoms with Crippen LogP contribution >= 0.6 is 47.8 Å². The molecule has 2 nitrogen and oxygen atoms in total. The van der Waals surface area contributed by atoms with Gasteiger partial charge in [0.2, 0.25) is 0 Å². The lowest BCUT2D eigenvalue weighted by atomic mass is 10.2. The van der Waals surface area contributed by atoms with Crippen LogP contribution in [0.5, 0.6) is 0 Å². The van der Waals surface area contributed by atoms with E-state index in [1.165, 1.54) is 0 Å². The lowest BCUT2D eigenvalue weighted by molar-refractivity contribution is -0.0386. The molecular weight excluding hydrogens is 344 g/mol. The summed E-state index contributed by atoms with van der Waals surface area (Å²) in [6.45, 7) is 0. The van der Waals surface area contributed by atoms with Crippen LogP contribution in [0.1, 0.15) is 12.8 Å². The first-order valence-electron chi connectivity index (χ1n) is 3.30. The summed E-state index contributed by atoms with van der Waals surface area (Å²) in [5, 5.41) is 18.5. The monoisotopic (exact) mass is 352 g/mol. The van der Waals surface area contributed by atoms with Crippen LogP contribution in [0, 0.1) is 0 Å². The summed E-state index contributed by atoms with van der Waals surface area (Å²) >= 11 is 9.84. The number of hydrogen-bond acceptors (Lipinski definition) is 2. The van der Waals surface area contributed by atoms with Crippen molar-refractivity contribution in [1.29, 1.82) is 0 Å². The second-order valence-corrected chi connectivity index (χ2v) is 5.23. The Labute approximate surface area is 91.8 Å². The van der Waals surface area contributed by atoms with E-state index in [-0.39, 0.29) is 9.65 Å². The molecule has 0 aromatic carbocycles. The Hall–Kier alpha value is 1.36. The van der Waals surface area contributed by atoms with E-state index in [0.717, 1.165) is 18.2 Å². The quantitative estimate of drug-likeness (QED) is 0.585. The molecular formula is C6H11Br3O2. The van der Waals surface area contributed by atoms with Gasteiger partial charge in [-0.15, -0.1) is 0 Å². The van der Waals surface area contributed by atoms with Crippen LogP contribution in [0.15, 0.2) is 0 Å². The molecule has 0 aliphatic carbocycles. The fraction of sp³-hybridized carbons (Fsp3) is 1.00. The second kappa shape index (κ2) is 6.83. The third-order valence-electron chi connectivity index (χ3n) is 1.24. The van der Waals surface area contributed by atoms with Gasteiger partial charge >= 0.3 is 0 Å². The molecule has 0 saturated heterocycles. The first-order chi connectivity index (χ1) is 5.09. The zero-order valence-corrected chi connectivity index (χ0v) is 10.6. The first-order valence-corrected chi connectivity index (χ1v) is 6.25. The lowest BCUT2D eigenvalue weighted by Gasteiger charge is -2.17. The Bertz CT molecular complexity index is 99.8. The van der Waals surface area contributed by atoms with Crippen molar-refractivity contribution in [2.75, 3.05) is 5.33 Å². The Morgan fingerprint density at radius 2 is 1.73 bits per heavy atom. The van der Waals surface area contributed by atoms with Crippen LogP contribution in [-0.2, 0) is 0 Å². The molecule has 5 heteroatoms. The van der Waals surface area contributed by atoms with Gasteiger partial charge in [0.15, 0.2) is 6.29 Å². The zero-order valence-electron chi connectivity index (χ0n) is 5.88. The molecule has 0 saturated carbocycles. The molecule has 0 heterocycles. The van der Waals surface area contributed by atoms with Crippen LogP contribution in [-0.4, -0.2) is 31.5 Å². The summed E-state index contributed by atoms with van der Waals surface area (Å²) in [6.07, 6.45) is 0.637. The minimum atomic E-state index is -1.30. The molecule has 0 bridgehead atoms. The highest BCUT2D eigenvalue weighted by Gasteiger charge is 2.21. The summed E-state index contributed by atoms with van der Waals surface area (Å²) < 4.78 is 0. The summed E-state index contributed by atoms with van der Waals surface area (Å²) in [6, 6.07) is 0. The van der Waals surface area contributed by atoms with Gasteiger partial charge in [-0.05, 0) is 12.8 Å². The lowest BCUT2D eigenvalue weighted by Crippen LogP contribution is -2.28. The number of halogens is 3. The molecule has 0 amide bonds. The molecule has 0 aromatic rings. The molecule has 0 spiro atoms. The molecule has 0 rings (SSSR count). The molecule has 2 atom stereocenters. The van der Waals surface area contributed by atoms with Crippen molar-refractivity contribution in [3.63, 3.8) is 0 Å². The van der Waals surface area contributed by atoms with Crippen LogP contribution in [0.3, 0.4) is 0 Å². The predicted octanol–water partition coefficient (Wildman–Crippen LogP) is 2.00. The molecule has 0 radical (unpaired) electrons. The Balaban J connectivity index is 3.55. The van der Waals surface area contributed by atoms with Crippen molar-refractivity contribution in [2.45, 2.75) is 28.8 Å². The Morgan fingerprint density at radius 1 is 1.18 bits per heavy atom. The van der Waals surface area contributed by atoms with E-state index < -0.39 is 6.29 Å². The van der Waals surface area contributed by atoms with Gasteiger partial charge in [0, 0.05) is 10.2 Å². The van der Waals surface area contributed by atoms with Crippen LogP contribution in [0.25, 0.3) is 0 Å². The molecule has 11 heavy (non-hydrogen) atoms. The number of aliphatic hydroxyl groups excluding tert-OH is 1. The van der Waals surface area contributed by atoms with Gasteiger partial charge in [-0.2, -0.15) is 0 Å². The van der Waals surface area contributed by atoms with E-state index in [0.29, 0.717) is 0 Å². The Kier molecular flexibility index (Phi) is 7.68. The summed E-state index contributed by atoms with van der Waals surface area (Å²) in [7, 11) is 0. The highest BCUT2D eigenvalue weighted by molar-refractivity contribution is 9.12. The third kappa shape index (κ3) is 5.58. The van der Waals surface area contributed by atoms with Gasteiger partial charge in [-0.3, -0.25) is 0 Å². The van der Waals surface area contributed by atoms with Gasteiger partial charge in [0.05, 0.1) is 4.83 Å². The number of alkyl halides is 3. The van der Waals surface area contributed by atoms with E-state index >= 15 is 0 Å². The highest BCUT2D eigenvalue weighted by atomic mass is 79.9. The number of hydrogen-bond donors (Lipinski definition) is 2. The zero-order chi connectivity index (χ0) is 8.85. The van der Waals surface area contributed by atoms with E-state index in [9.17, 15) is 0 Å². The molecule has 0 aliphatic rings. The standard InChI is InChI=1S/C6H11Br3O2/c7-3-1-2-4(8)5(9)6(10)11/h4-6,10-11H,1-3H2. The summed E-state index contributed by atoms with van der Waals surface area (Å²) in [5.74, 6) is 0. The van der Waals surface area contributed by atoms with Crippen molar-refractivity contribution < 1.29 is 10.2 Å². The van der Waals surface area contributed by atoms with Crippen LogP contribution in [0.2, 0.25) is 0 Å².